The zero-order valence-corrected chi connectivity index (χ0v) is 12.8. The van der Waals surface area contributed by atoms with Crippen LogP contribution in [0.15, 0.2) is 24.3 Å². The molecule has 4 heterocycles. The van der Waals surface area contributed by atoms with Crippen molar-refractivity contribution < 1.29 is 28.9 Å². The van der Waals surface area contributed by atoms with E-state index in [0.29, 0.717) is 0 Å². The van der Waals surface area contributed by atoms with Crippen LogP contribution in [0.25, 0.3) is 0 Å². The molecular formula is C17H18O6. The number of esters is 1. The highest BCUT2D eigenvalue weighted by atomic mass is 16.6. The molecular weight excluding hydrogens is 300 g/mol. The number of hydrogen-bond acceptors (Lipinski definition) is 5. The minimum absolute atomic E-state index is 0.0475. The van der Waals surface area contributed by atoms with Crippen molar-refractivity contribution >= 4 is 11.9 Å². The molecule has 4 aliphatic rings. The van der Waals surface area contributed by atoms with Gasteiger partial charge in [0.25, 0.3) is 0 Å². The van der Waals surface area contributed by atoms with Gasteiger partial charge in [-0.2, -0.15) is 0 Å². The third-order valence-electron chi connectivity index (χ3n) is 5.29. The summed E-state index contributed by atoms with van der Waals surface area (Å²) in [6.45, 7) is 4.13. The maximum atomic E-state index is 12.5. The zero-order chi connectivity index (χ0) is 16.3. The van der Waals surface area contributed by atoms with Gasteiger partial charge in [-0.25, -0.2) is 9.59 Å². The van der Waals surface area contributed by atoms with E-state index in [0.717, 1.165) is 0 Å². The molecule has 6 heteroatoms. The molecule has 4 aliphatic heterocycles. The van der Waals surface area contributed by atoms with Gasteiger partial charge in [0.05, 0.1) is 23.3 Å². The maximum absolute atomic E-state index is 12.5. The molecule has 4 fully saturated rings. The van der Waals surface area contributed by atoms with Crippen LogP contribution in [-0.2, 0) is 14.2 Å². The molecule has 0 amide bonds. The molecule has 1 aromatic carbocycles. The zero-order valence-electron chi connectivity index (χ0n) is 12.8. The van der Waals surface area contributed by atoms with Gasteiger partial charge in [-0.3, -0.25) is 0 Å². The first-order valence-corrected chi connectivity index (χ1v) is 7.83. The number of benzene rings is 1. The van der Waals surface area contributed by atoms with E-state index < -0.39 is 18.0 Å². The number of carboxylic acids is 1. The minimum Gasteiger partial charge on any atom is -0.478 e. The summed E-state index contributed by atoms with van der Waals surface area (Å²) >= 11 is 0. The van der Waals surface area contributed by atoms with Crippen LogP contribution >= 0.6 is 0 Å². The normalized spacial score (nSPS) is 40.3. The lowest BCUT2D eigenvalue weighted by atomic mass is 9.87. The predicted molar refractivity (Wildman–Crippen MR) is 78.3 cm³/mol. The minimum atomic E-state index is -1.15. The number of aromatic carboxylic acids is 1. The molecule has 1 aromatic rings. The van der Waals surface area contributed by atoms with Crippen LogP contribution in [0, 0.1) is 11.8 Å². The third kappa shape index (κ3) is 2.01. The van der Waals surface area contributed by atoms with Gasteiger partial charge in [-0.1, -0.05) is 26.0 Å². The summed E-state index contributed by atoms with van der Waals surface area (Å²) in [5.74, 6) is -1.37. The van der Waals surface area contributed by atoms with E-state index in [1.807, 2.05) is 6.92 Å². The van der Waals surface area contributed by atoms with E-state index in [1.165, 1.54) is 12.1 Å². The van der Waals surface area contributed by atoms with E-state index in [9.17, 15) is 14.7 Å². The molecule has 7 unspecified atom stereocenters. The summed E-state index contributed by atoms with van der Waals surface area (Å²) in [5.41, 5.74) is -0.00812. The predicted octanol–water partition coefficient (Wildman–Crippen LogP) is 1.73. The first-order valence-electron chi connectivity index (χ1n) is 7.83. The van der Waals surface area contributed by atoms with Crippen LogP contribution in [0.4, 0.5) is 0 Å². The first kappa shape index (κ1) is 14.7. The topological polar surface area (TPSA) is 82.1 Å². The van der Waals surface area contributed by atoms with Crippen molar-refractivity contribution in [3.8, 4) is 0 Å². The van der Waals surface area contributed by atoms with Gasteiger partial charge in [-0.05, 0) is 12.1 Å². The summed E-state index contributed by atoms with van der Waals surface area (Å²) in [5, 5.41) is 9.21. The van der Waals surface area contributed by atoms with Crippen LogP contribution in [0.5, 0.6) is 0 Å². The fourth-order valence-electron chi connectivity index (χ4n) is 4.16. The van der Waals surface area contributed by atoms with Gasteiger partial charge in [0.1, 0.15) is 12.2 Å². The molecule has 7 atom stereocenters. The van der Waals surface area contributed by atoms with E-state index in [2.05, 4.69) is 6.92 Å². The average Bonchev–Trinajstić information content (AvgIpc) is 2.96. The quantitative estimate of drug-likeness (QED) is 0.855. The highest BCUT2D eigenvalue weighted by molar-refractivity contribution is 6.02. The second-order valence-corrected chi connectivity index (χ2v) is 6.57. The summed E-state index contributed by atoms with van der Waals surface area (Å²) < 4.78 is 17.6. The third-order valence-corrected chi connectivity index (χ3v) is 5.29. The standard InChI is InChI=1S/C17H18O6/c1-7-11-8(2)13-15(14(21-11)12(7)22-13)23-17(20)10-6-4-3-5-9(10)16(18)19/h3-8,11-15H,1-2H3,(H,18,19). The van der Waals surface area contributed by atoms with E-state index in [1.54, 1.807) is 12.1 Å². The van der Waals surface area contributed by atoms with Crippen molar-refractivity contribution in [2.45, 2.75) is 44.4 Å². The lowest BCUT2D eigenvalue weighted by Crippen LogP contribution is -2.49. The fraction of sp³-hybridized carbons (Fsp3) is 0.529. The van der Waals surface area contributed by atoms with Crippen molar-refractivity contribution in [2.24, 2.45) is 11.8 Å². The highest BCUT2D eigenvalue weighted by Gasteiger charge is 2.65. The molecule has 0 spiro atoms. The van der Waals surface area contributed by atoms with Crippen molar-refractivity contribution in [1.82, 2.24) is 0 Å². The Morgan fingerprint density at radius 2 is 1.57 bits per heavy atom. The average molecular weight is 318 g/mol. The largest absolute Gasteiger partial charge is 0.478 e. The van der Waals surface area contributed by atoms with Gasteiger partial charge in [-0.15, -0.1) is 0 Å². The lowest BCUT2D eigenvalue weighted by molar-refractivity contribution is -0.152. The second kappa shape index (κ2) is 5.04. The second-order valence-electron chi connectivity index (χ2n) is 6.57. The Balaban J connectivity index is 1.58. The highest BCUT2D eigenvalue weighted by Crippen LogP contribution is 2.50. The molecule has 23 heavy (non-hydrogen) atoms. The molecule has 0 aliphatic carbocycles. The van der Waals surface area contributed by atoms with Gasteiger partial charge in [0, 0.05) is 11.8 Å². The molecule has 122 valence electrons. The van der Waals surface area contributed by atoms with Gasteiger partial charge in [0.15, 0.2) is 6.10 Å². The summed E-state index contributed by atoms with van der Waals surface area (Å²) in [6.07, 6.45) is -0.817. The van der Waals surface area contributed by atoms with Crippen molar-refractivity contribution in [1.29, 1.82) is 0 Å². The number of ether oxygens (including phenoxy) is 3. The van der Waals surface area contributed by atoms with E-state index in [-0.39, 0.29) is 47.4 Å². The summed E-state index contributed by atoms with van der Waals surface area (Å²) in [7, 11) is 0. The lowest BCUT2D eigenvalue weighted by Gasteiger charge is -2.38. The monoisotopic (exact) mass is 318 g/mol. The number of carbonyl (C=O) groups excluding carboxylic acids is 1. The molecule has 1 N–H and O–H groups in total. The fourth-order valence-corrected chi connectivity index (χ4v) is 4.16. The van der Waals surface area contributed by atoms with Crippen molar-refractivity contribution in [3.05, 3.63) is 35.4 Å². The van der Waals surface area contributed by atoms with Crippen molar-refractivity contribution in [3.63, 3.8) is 0 Å². The summed E-state index contributed by atoms with van der Waals surface area (Å²) in [6, 6.07) is 6.05. The molecule has 0 radical (unpaired) electrons. The van der Waals surface area contributed by atoms with Crippen LogP contribution in [0.2, 0.25) is 0 Å². The maximum Gasteiger partial charge on any atom is 0.339 e. The number of carboxylic acid groups (broad SMARTS) is 1. The Bertz CT molecular complexity index is 667. The molecule has 4 saturated heterocycles. The van der Waals surface area contributed by atoms with Crippen molar-refractivity contribution in [2.75, 3.05) is 0 Å². The number of carbonyl (C=O) groups is 2. The Labute approximate surface area is 133 Å². The Morgan fingerprint density at radius 3 is 2.26 bits per heavy atom. The van der Waals surface area contributed by atoms with Crippen LogP contribution < -0.4 is 0 Å². The van der Waals surface area contributed by atoms with Gasteiger partial charge in [0.2, 0.25) is 0 Å². The van der Waals surface area contributed by atoms with Gasteiger partial charge >= 0.3 is 11.9 Å². The molecule has 4 bridgehead atoms. The Kier molecular flexibility index (Phi) is 3.21. The SMILES string of the molecule is CC1C2OC3C(OC1C3OC(=O)c1ccccc1C(=O)O)C2C. The van der Waals surface area contributed by atoms with E-state index >= 15 is 0 Å². The van der Waals surface area contributed by atoms with Crippen LogP contribution in [0.1, 0.15) is 34.6 Å². The van der Waals surface area contributed by atoms with E-state index in [4.69, 9.17) is 14.2 Å². The summed E-state index contributed by atoms with van der Waals surface area (Å²) in [4.78, 5) is 23.7. The smallest absolute Gasteiger partial charge is 0.339 e. The van der Waals surface area contributed by atoms with Crippen LogP contribution in [-0.4, -0.2) is 47.6 Å². The Morgan fingerprint density at radius 1 is 0.957 bits per heavy atom. The first-order chi connectivity index (χ1) is 11.0. The Hall–Kier alpha value is -1.92. The molecule has 6 nitrogen and oxygen atoms in total. The number of hydrogen-bond donors (Lipinski definition) is 1. The van der Waals surface area contributed by atoms with Gasteiger partial charge < -0.3 is 19.3 Å². The molecule has 0 aromatic heterocycles. The molecule has 0 saturated carbocycles. The van der Waals surface area contributed by atoms with Crippen LogP contribution in [0.3, 0.4) is 0 Å². The molecule has 5 rings (SSSR count). The number of rotatable bonds is 3.